The highest BCUT2D eigenvalue weighted by Crippen LogP contribution is 2.42. The molecular weight excluding hydrogens is 182 g/mol. The first-order valence-corrected chi connectivity index (χ1v) is 5.33. The molecule has 3 rings (SSSR count). The lowest BCUT2D eigenvalue weighted by Gasteiger charge is -1.98. The van der Waals surface area contributed by atoms with Gasteiger partial charge < -0.3 is 4.98 Å². The van der Waals surface area contributed by atoms with Gasteiger partial charge in [-0.1, -0.05) is 0 Å². The second kappa shape index (κ2) is 2.45. The van der Waals surface area contributed by atoms with Crippen molar-refractivity contribution < 1.29 is 0 Å². The van der Waals surface area contributed by atoms with Crippen LogP contribution >= 0.6 is 11.3 Å². The Morgan fingerprint density at radius 1 is 1.46 bits per heavy atom. The molecule has 1 saturated carbocycles. The summed E-state index contributed by atoms with van der Waals surface area (Å²) in [6.07, 6.45) is 4.43. The molecule has 2 aromatic heterocycles. The summed E-state index contributed by atoms with van der Waals surface area (Å²) < 4.78 is 0.879. The summed E-state index contributed by atoms with van der Waals surface area (Å²) in [5.74, 6) is 0.703. The number of hydrogen-bond donors (Lipinski definition) is 1. The number of fused-ring (bicyclic) bond motifs is 1. The van der Waals surface area contributed by atoms with E-state index in [1.165, 1.54) is 29.7 Å². The molecule has 0 aromatic carbocycles. The van der Waals surface area contributed by atoms with E-state index in [1.54, 1.807) is 0 Å². The highest BCUT2D eigenvalue weighted by molar-refractivity contribution is 7.17. The van der Waals surface area contributed by atoms with Gasteiger partial charge in [-0.3, -0.25) is 4.79 Å². The molecule has 0 saturated heterocycles. The zero-order valence-corrected chi connectivity index (χ0v) is 7.86. The second-order valence-corrected chi connectivity index (χ2v) is 4.43. The third kappa shape index (κ3) is 1.04. The van der Waals surface area contributed by atoms with Crippen molar-refractivity contribution in [3.63, 3.8) is 0 Å². The van der Waals surface area contributed by atoms with Crippen molar-refractivity contribution in [2.75, 3.05) is 0 Å². The van der Waals surface area contributed by atoms with Gasteiger partial charge in [0.2, 0.25) is 0 Å². The van der Waals surface area contributed by atoms with Crippen LogP contribution in [0.2, 0.25) is 0 Å². The van der Waals surface area contributed by atoms with Crippen LogP contribution in [0.15, 0.2) is 22.4 Å². The van der Waals surface area contributed by atoms with E-state index < -0.39 is 0 Å². The SMILES string of the molecule is O=c1[nH]cc(C2CC2)c2ccsc12. The molecule has 2 nitrogen and oxygen atoms in total. The summed E-state index contributed by atoms with van der Waals surface area (Å²) in [5.41, 5.74) is 1.38. The lowest BCUT2D eigenvalue weighted by atomic mass is 10.1. The quantitative estimate of drug-likeness (QED) is 0.738. The minimum Gasteiger partial charge on any atom is -0.328 e. The number of hydrogen-bond acceptors (Lipinski definition) is 2. The van der Waals surface area contributed by atoms with E-state index in [1.807, 2.05) is 11.6 Å². The molecule has 13 heavy (non-hydrogen) atoms. The standard InChI is InChI=1S/C10H9NOS/c12-10-9-7(3-4-13-9)8(5-11-10)6-1-2-6/h3-6H,1-2H2,(H,11,12). The Hall–Kier alpha value is -1.09. The van der Waals surface area contributed by atoms with Gasteiger partial charge in [0, 0.05) is 11.6 Å². The molecule has 0 bridgehead atoms. The van der Waals surface area contributed by atoms with Crippen molar-refractivity contribution in [2.24, 2.45) is 0 Å². The van der Waals surface area contributed by atoms with E-state index in [-0.39, 0.29) is 5.56 Å². The Morgan fingerprint density at radius 3 is 3.08 bits per heavy atom. The second-order valence-electron chi connectivity index (χ2n) is 3.51. The van der Waals surface area contributed by atoms with E-state index in [0.29, 0.717) is 5.92 Å². The number of thiophene rings is 1. The maximum absolute atomic E-state index is 11.4. The number of rotatable bonds is 1. The van der Waals surface area contributed by atoms with Gasteiger partial charge in [-0.2, -0.15) is 0 Å². The van der Waals surface area contributed by atoms with Gasteiger partial charge in [0.15, 0.2) is 0 Å². The van der Waals surface area contributed by atoms with E-state index in [9.17, 15) is 4.79 Å². The summed E-state index contributed by atoms with van der Waals surface area (Å²) in [5, 5.41) is 3.16. The third-order valence-electron chi connectivity index (χ3n) is 2.56. The van der Waals surface area contributed by atoms with Crippen molar-refractivity contribution in [1.82, 2.24) is 4.98 Å². The van der Waals surface area contributed by atoms with Gasteiger partial charge in [0.25, 0.3) is 5.56 Å². The molecule has 3 heteroatoms. The maximum atomic E-state index is 11.4. The van der Waals surface area contributed by atoms with Crippen LogP contribution in [-0.4, -0.2) is 4.98 Å². The molecule has 0 aliphatic heterocycles. The van der Waals surface area contributed by atoms with Crippen molar-refractivity contribution in [3.8, 4) is 0 Å². The summed E-state index contributed by atoms with van der Waals surface area (Å²) in [4.78, 5) is 14.2. The summed E-state index contributed by atoms with van der Waals surface area (Å²) >= 11 is 1.53. The predicted octanol–water partition coefficient (Wildman–Crippen LogP) is 2.47. The first-order valence-electron chi connectivity index (χ1n) is 4.45. The lowest BCUT2D eigenvalue weighted by molar-refractivity contribution is 1.11. The largest absolute Gasteiger partial charge is 0.328 e. The molecule has 1 aliphatic rings. The van der Waals surface area contributed by atoms with Gasteiger partial charge in [0.1, 0.15) is 0 Å². The van der Waals surface area contributed by atoms with Gasteiger partial charge >= 0.3 is 0 Å². The smallest absolute Gasteiger partial charge is 0.265 e. The fourth-order valence-corrected chi connectivity index (χ4v) is 2.55. The molecule has 0 radical (unpaired) electrons. The van der Waals surface area contributed by atoms with Crippen molar-refractivity contribution in [2.45, 2.75) is 18.8 Å². The summed E-state index contributed by atoms with van der Waals surface area (Å²) in [6, 6.07) is 2.06. The molecule has 2 heterocycles. The fraction of sp³-hybridized carbons (Fsp3) is 0.300. The topological polar surface area (TPSA) is 32.9 Å². The predicted molar refractivity (Wildman–Crippen MR) is 54.4 cm³/mol. The molecule has 1 fully saturated rings. The van der Waals surface area contributed by atoms with Crippen molar-refractivity contribution in [3.05, 3.63) is 33.6 Å². The van der Waals surface area contributed by atoms with Gasteiger partial charge in [0.05, 0.1) is 4.70 Å². The van der Waals surface area contributed by atoms with Crippen LogP contribution in [0.3, 0.4) is 0 Å². The number of nitrogens with one attached hydrogen (secondary N) is 1. The van der Waals surface area contributed by atoms with Gasteiger partial charge in [-0.25, -0.2) is 0 Å². The first kappa shape index (κ1) is 7.33. The minimum absolute atomic E-state index is 0.0504. The Labute approximate surface area is 79.2 Å². The van der Waals surface area contributed by atoms with Crippen LogP contribution in [0.1, 0.15) is 24.3 Å². The zero-order chi connectivity index (χ0) is 8.84. The molecule has 66 valence electrons. The first-order chi connectivity index (χ1) is 6.36. The van der Waals surface area contributed by atoms with Crippen LogP contribution in [0, 0.1) is 0 Å². The molecule has 1 N–H and O–H groups in total. The minimum atomic E-state index is 0.0504. The zero-order valence-electron chi connectivity index (χ0n) is 7.04. The fourth-order valence-electron chi connectivity index (χ4n) is 1.73. The molecule has 2 aromatic rings. The highest BCUT2D eigenvalue weighted by Gasteiger charge is 2.25. The summed E-state index contributed by atoms with van der Waals surface area (Å²) in [6.45, 7) is 0. The van der Waals surface area contributed by atoms with E-state index in [0.717, 1.165) is 10.1 Å². The number of H-pyrrole nitrogens is 1. The average Bonchev–Trinajstić information content (AvgIpc) is 2.83. The highest BCUT2D eigenvalue weighted by atomic mass is 32.1. The van der Waals surface area contributed by atoms with Crippen molar-refractivity contribution >= 4 is 21.4 Å². The third-order valence-corrected chi connectivity index (χ3v) is 3.47. The molecule has 0 spiro atoms. The lowest BCUT2D eigenvalue weighted by Crippen LogP contribution is -2.04. The Balaban J connectivity index is 2.40. The Morgan fingerprint density at radius 2 is 2.31 bits per heavy atom. The van der Waals surface area contributed by atoms with Crippen LogP contribution in [0.5, 0.6) is 0 Å². The Bertz CT molecular complexity index is 507. The molecule has 0 atom stereocenters. The van der Waals surface area contributed by atoms with E-state index in [4.69, 9.17) is 0 Å². The Kier molecular flexibility index (Phi) is 1.38. The van der Waals surface area contributed by atoms with Gasteiger partial charge in [-0.05, 0) is 35.8 Å². The number of aromatic amines is 1. The molecular formula is C10H9NOS. The van der Waals surface area contributed by atoms with Crippen LogP contribution < -0.4 is 5.56 Å². The maximum Gasteiger partial charge on any atom is 0.265 e. The monoisotopic (exact) mass is 191 g/mol. The number of aromatic nitrogens is 1. The van der Waals surface area contributed by atoms with E-state index >= 15 is 0 Å². The van der Waals surface area contributed by atoms with Crippen molar-refractivity contribution in [1.29, 1.82) is 0 Å². The van der Waals surface area contributed by atoms with Crippen LogP contribution in [0.4, 0.5) is 0 Å². The van der Waals surface area contributed by atoms with Gasteiger partial charge in [-0.15, -0.1) is 11.3 Å². The van der Waals surface area contributed by atoms with E-state index in [2.05, 4.69) is 11.1 Å². The molecule has 0 amide bonds. The average molecular weight is 191 g/mol. The molecule has 1 aliphatic carbocycles. The number of pyridine rings is 1. The summed E-state index contributed by atoms with van der Waals surface area (Å²) in [7, 11) is 0. The normalized spacial score (nSPS) is 16.6. The molecule has 0 unspecified atom stereocenters. The van der Waals surface area contributed by atoms with Crippen LogP contribution in [-0.2, 0) is 0 Å². The van der Waals surface area contributed by atoms with Crippen LogP contribution in [0.25, 0.3) is 10.1 Å².